The van der Waals surface area contributed by atoms with Gasteiger partial charge in [0.15, 0.2) is 0 Å². The van der Waals surface area contributed by atoms with Crippen LogP contribution in [0.15, 0.2) is 77.7 Å². The molecule has 0 bridgehead atoms. The summed E-state index contributed by atoms with van der Waals surface area (Å²) < 4.78 is 59.2. The van der Waals surface area contributed by atoms with Crippen molar-refractivity contribution in [1.82, 2.24) is 0 Å². The predicted octanol–water partition coefficient (Wildman–Crippen LogP) is 4.34. The predicted molar refractivity (Wildman–Crippen MR) is 94.4 cm³/mol. The molecule has 134 valence electrons. The van der Waals surface area contributed by atoms with Gasteiger partial charge in [-0.3, -0.25) is 4.72 Å². The maximum absolute atomic E-state index is 13.7. The highest BCUT2D eigenvalue weighted by atomic mass is 32.2. The second-order valence-corrected chi connectivity index (χ2v) is 7.13. The van der Waals surface area contributed by atoms with Gasteiger partial charge in [0.05, 0.1) is 0 Å². The van der Waals surface area contributed by atoms with Crippen LogP contribution in [-0.2, 0) is 16.6 Å². The van der Waals surface area contributed by atoms with Gasteiger partial charge < -0.3 is 4.74 Å². The van der Waals surface area contributed by atoms with E-state index in [-0.39, 0.29) is 5.69 Å². The summed E-state index contributed by atoms with van der Waals surface area (Å²) in [6.07, 6.45) is 0. The molecule has 3 aromatic carbocycles. The average molecular weight is 375 g/mol. The molecule has 0 fully saturated rings. The molecule has 0 heterocycles. The third-order valence-electron chi connectivity index (χ3n) is 3.54. The zero-order valence-electron chi connectivity index (χ0n) is 13.5. The number of hydrogen-bond donors (Lipinski definition) is 1. The highest BCUT2D eigenvalue weighted by molar-refractivity contribution is 7.92. The number of benzene rings is 3. The van der Waals surface area contributed by atoms with E-state index in [1.54, 1.807) is 12.1 Å². The lowest BCUT2D eigenvalue weighted by Gasteiger charge is -2.10. The van der Waals surface area contributed by atoms with Crippen molar-refractivity contribution in [1.29, 1.82) is 0 Å². The minimum Gasteiger partial charge on any atom is -0.489 e. The van der Waals surface area contributed by atoms with E-state index in [2.05, 4.69) is 4.72 Å². The Balaban J connectivity index is 1.69. The first-order valence-corrected chi connectivity index (χ1v) is 9.17. The summed E-state index contributed by atoms with van der Waals surface area (Å²) in [5.74, 6) is -1.31. The Hall–Kier alpha value is -2.93. The third kappa shape index (κ3) is 4.37. The highest BCUT2D eigenvalue weighted by Gasteiger charge is 2.20. The Morgan fingerprint density at radius 1 is 0.885 bits per heavy atom. The Morgan fingerprint density at radius 3 is 2.27 bits per heavy atom. The van der Waals surface area contributed by atoms with Crippen molar-refractivity contribution in [3.05, 3.63) is 90.0 Å². The lowest BCUT2D eigenvalue weighted by Crippen LogP contribution is -2.14. The number of halogens is 2. The van der Waals surface area contributed by atoms with Crippen LogP contribution in [-0.4, -0.2) is 8.42 Å². The molecule has 0 saturated heterocycles. The van der Waals surface area contributed by atoms with Crippen molar-refractivity contribution in [3.8, 4) is 5.75 Å². The number of ether oxygens (including phenoxy) is 1. The number of nitrogens with one attached hydrogen (secondary N) is 1. The van der Waals surface area contributed by atoms with Crippen molar-refractivity contribution >= 4 is 15.7 Å². The zero-order chi connectivity index (χ0) is 18.6. The van der Waals surface area contributed by atoms with Gasteiger partial charge in [-0.15, -0.1) is 0 Å². The fourth-order valence-electron chi connectivity index (χ4n) is 2.25. The molecule has 26 heavy (non-hydrogen) atoms. The molecule has 0 aromatic heterocycles. The first kappa shape index (κ1) is 17.9. The molecule has 0 radical (unpaired) electrons. The lowest BCUT2D eigenvalue weighted by atomic mass is 10.2. The van der Waals surface area contributed by atoms with Crippen LogP contribution in [0.1, 0.15) is 5.56 Å². The van der Waals surface area contributed by atoms with Crippen molar-refractivity contribution < 1.29 is 21.9 Å². The van der Waals surface area contributed by atoms with E-state index in [0.717, 1.165) is 17.7 Å². The van der Waals surface area contributed by atoms with E-state index >= 15 is 0 Å². The molecular formula is C19H15F2NO3S. The van der Waals surface area contributed by atoms with Gasteiger partial charge in [0.2, 0.25) is 0 Å². The monoisotopic (exact) mass is 375 g/mol. The van der Waals surface area contributed by atoms with E-state index in [1.807, 2.05) is 30.3 Å². The topological polar surface area (TPSA) is 55.4 Å². The molecule has 3 aromatic rings. The van der Waals surface area contributed by atoms with E-state index in [4.69, 9.17) is 4.74 Å². The van der Waals surface area contributed by atoms with Gasteiger partial charge in [0.1, 0.15) is 28.9 Å². The van der Waals surface area contributed by atoms with E-state index < -0.39 is 26.6 Å². The fourth-order valence-corrected chi connectivity index (χ4v) is 3.40. The van der Waals surface area contributed by atoms with Crippen molar-refractivity contribution in [3.63, 3.8) is 0 Å². The van der Waals surface area contributed by atoms with Crippen LogP contribution in [0.25, 0.3) is 0 Å². The zero-order valence-corrected chi connectivity index (χ0v) is 14.3. The summed E-state index contributed by atoms with van der Waals surface area (Å²) in [5, 5.41) is 0. The molecule has 0 aliphatic rings. The van der Waals surface area contributed by atoms with Crippen molar-refractivity contribution in [2.45, 2.75) is 11.5 Å². The summed E-state index contributed by atoms with van der Waals surface area (Å²) in [6, 6.07) is 18.0. The van der Waals surface area contributed by atoms with Crippen LogP contribution in [0.4, 0.5) is 14.5 Å². The van der Waals surface area contributed by atoms with Gasteiger partial charge in [0.25, 0.3) is 10.0 Å². The van der Waals surface area contributed by atoms with Gasteiger partial charge >= 0.3 is 0 Å². The molecule has 1 N–H and O–H groups in total. The molecule has 4 nitrogen and oxygen atoms in total. The van der Waals surface area contributed by atoms with E-state index in [0.29, 0.717) is 18.4 Å². The smallest absolute Gasteiger partial charge is 0.264 e. The Kier molecular flexibility index (Phi) is 5.18. The minimum absolute atomic E-state index is 0.209. The Bertz CT molecular complexity index is 991. The second-order valence-electron chi connectivity index (χ2n) is 5.48. The number of hydrogen-bond acceptors (Lipinski definition) is 3. The normalized spacial score (nSPS) is 11.2. The lowest BCUT2D eigenvalue weighted by molar-refractivity contribution is 0.306. The van der Waals surface area contributed by atoms with Crippen LogP contribution in [0, 0.1) is 11.6 Å². The summed E-state index contributed by atoms with van der Waals surface area (Å²) in [4.78, 5) is -0.748. The van der Waals surface area contributed by atoms with Crippen LogP contribution in [0.2, 0.25) is 0 Å². The number of rotatable bonds is 6. The summed E-state index contributed by atoms with van der Waals surface area (Å²) in [6.45, 7) is 0.375. The quantitative estimate of drug-likeness (QED) is 0.697. The van der Waals surface area contributed by atoms with Gasteiger partial charge in [0, 0.05) is 5.69 Å². The van der Waals surface area contributed by atoms with Crippen molar-refractivity contribution in [2.24, 2.45) is 0 Å². The molecule has 3 rings (SSSR count). The number of sulfonamides is 1. The van der Waals surface area contributed by atoms with E-state index in [1.165, 1.54) is 12.1 Å². The number of anilines is 1. The van der Waals surface area contributed by atoms with Gasteiger partial charge in [-0.25, -0.2) is 17.2 Å². The highest BCUT2D eigenvalue weighted by Crippen LogP contribution is 2.22. The summed E-state index contributed by atoms with van der Waals surface area (Å²) in [5.41, 5.74) is 1.21. The maximum Gasteiger partial charge on any atom is 0.264 e. The SMILES string of the molecule is O=S(=O)(Nc1ccc(OCc2ccccc2)cc1)c1cc(F)ccc1F. The first-order valence-electron chi connectivity index (χ1n) is 7.69. The standard InChI is InChI=1S/C19H15F2NO3S/c20-15-6-11-18(21)19(12-15)26(23,24)22-16-7-9-17(10-8-16)25-13-14-4-2-1-3-5-14/h1-12,22H,13H2. The van der Waals surface area contributed by atoms with Gasteiger partial charge in [-0.1, -0.05) is 30.3 Å². The summed E-state index contributed by atoms with van der Waals surface area (Å²) in [7, 11) is -4.24. The Labute approximate surface area is 150 Å². The average Bonchev–Trinajstić information content (AvgIpc) is 2.64. The van der Waals surface area contributed by atoms with Crippen LogP contribution in [0.3, 0.4) is 0 Å². The largest absolute Gasteiger partial charge is 0.489 e. The Morgan fingerprint density at radius 2 is 1.58 bits per heavy atom. The molecule has 0 spiro atoms. The molecule has 0 aliphatic carbocycles. The van der Waals surface area contributed by atoms with Crippen LogP contribution >= 0.6 is 0 Å². The molecule has 0 amide bonds. The minimum atomic E-state index is -4.24. The molecule has 0 unspecified atom stereocenters. The molecule has 0 saturated carbocycles. The summed E-state index contributed by atoms with van der Waals surface area (Å²) >= 11 is 0. The maximum atomic E-state index is 13.7. The van der Waals surface area contributed by atoms with E-state index in [9.17, 15) is 17.2 Å². The fraction of sp³-hybridized carbons (Fsp3) is 0.0526. The second kappa shape index (κ2) is 7.53. The first-order chi connectivity index (χ1) is 12.4. The molecular weight excluding hydrogens is 360 g/mol. The van der Waals surface area contributed by atoms with Crippen molar-refractivity contribution in [2.75, 3.05) is 4.72 Å². The molecule has 0 atom stereocenters. The van der Waals surface area contributed by atoms with Gasteiger partial charge in [-0.05, 0) is 48.0 Å². The molecule has 0 aliphatic heterocycles. The van der Waals surface area contributed by atoms with Crippen LogP contribution < -0.4 is 9.46 Å². The molecule has 7 heteroatoms. The van der Waals surface area contributed by atoms with Gasteiger partial charge in [-0.2, -0.15) is 0 Å². The third-order valence-corrected chi connectivity index (χ3v) is 4.93. The van der Waals surface area contributed by atoms with Crippen LogP contribution in [0.5, 0.6) is 5.75 Å².